The average Bonchev–Trinajstić information content (AvgIpc) is 2.62. The number of carbonyl (C=O) groups is 1. The Morgan fingerprint density at radius 1 is 1.16 bits per heavy atom. The van der Waals surface area contributed by atoms with E-state index in [1.165, 1.54) is 0 Å². The highest BCUT2D eigenvalue weighted by molar-refractivity contribution is 5.74. The van der Waals surface area contributed by atoms with Gasteiger partial charge in [0.15, 0.2) is 11.5 Å². The molecule has 2 aliphatic rings. The molecule has 0 spiro atoms. The second kappa shape index (κ2) is 8.92. The van der Waals surface area contributed by atoms with Crippen LogP contribution in [0.4, 0.5) is 4.79 Å². The van der Waals surface area contributed by atoms with Crippen molar-refractivity contribution in [2.75, 3.05) is 52.6 Å². The minimum Gasteiger partial charge on any atom is -0.486 e. The lowest BCUT2D eigenvalue weighted by Crippen LogP contribution is -2.48. The molecule has 1 atom stereocenters. The van der Waals surface area contributed by atoms with Crippen LogP contribution in [0.5, 0.6) is 11.5 Å². The van der Waals surface area contributed by atoms with Crippen molar-refractivity contribution in [3.05, 3.63) is 23.8 Å². The Hall–Kier alpha value is -1.99. The number of hydrogen-bond acceptors (Lipinski definition) is 5. The predicted molar refractivity (Wildman–Crippen MR) is 94.4 cm³/mol. The Morgan fingerprint density at radius 3 is 2.72 bits per heavy atom. The van der Waals surface area contributed by atoms with Crippen molar-refractivity contribution in [1.82, 2.24) is 15.5 Å². The fourth-order valence-corrected chi connectivity index (χ4v) is 3.06. The molecule has 2 heterocycles. The van der Waals surface area contributed by atoms with E-state index < -0.39 is 0 Å². The normalized spacial score (nSPS) is 18.4. The Balaban J connectivity index is 1.36. The molecule has 3 rings (SSSR count). The van der Waals surface area contributed by atoms with Crippen molar-refractivity contribution in [2.45, 2.75) is 19.4 Å². The molecule has 138 valence electrons. The second-order valence-corrected chi connectivity index (χ2v) is 6.44. The molecule has 0 aromatic heterocycles. The van der Waals surface area contributed by atoms with Gasteiger partial charge in [-0.1, -0.05) is 6.07 Å². The molecule has 1 saturated heterocycles. The average molecular weight is 349 g/mol. The Kier molecular flexibility index (Phi) is 6.36. The molecule has 7 nitrogen and oxygen atoms in total. The molecule has 2 amide bonds. The van der Waals surface area contributed by atoms with E-state index in [1.54, 1.807) is 0 Å². The highest BCUT2D eigenvalue weighted by atomic mass is 16.6. The van der Waals surface area contributed by atoms with Gasteiger partial charge in [-0.3, -0.25) is 4.90 Å². The number of benzene rings is 1. The van der Waals surface area contributed by atoms with Crippen molar-refractivity contribution >= 4 is 6.03 Å². The number of nitrogens with one attached hydrogen (secondary N) is 2. The van der Waals surface area contributed by atoms with Crippen LogP contribution in [0.25, 0.3) is 0 Å². The van der Waals surface area contributed by atoms with E-state index in [2.05, 4.69) is 15.5 Å². The first kappa shape index (κ1) is 17.8. The summed E-state index contributed by atoms with van der Waals surface area (Å²) in [6.45, 7) is 8.03. The summed E-state index contributed by atoms with van der Waals surface area (Å²) in [6.07, 6.45) is 0.752. The van der Waals surface area contributed by atoms with E-state index in [1.807, 2.05) is 25.1 Å². The van der Waals surface area contributed by atoms with E-state index in [0.717, 1.165) is 56.3 Å². The maximum absolute atomic E-state index is 12.0. The molecule has 0 bridgehead atoms. The standard InChI is InChI=1S/C18H27N3O4/c1-14(13-21-6-8-23-9-7-21)20-18(22)19-5-4-15-2-3-16-17(12-15)25-11-10-24-16/h2-3,12,14H,4-11,13H2,1H3,(H2,19,20,22)/t14-/m1/s1. The number of rotatable bonds is 6. The van der Waals surface area contributed by atoms with E-state index in [-0.39, 0.29) is 12.1 Å². The fraction of sp³-hybridized carbons (Fsp3) is 0.611. The van der Waals surface area contributed by atoms with Crippen LogP contribution in [0.15, 0.2) is 18.2 Å². The summed E-state index contributed by atoms with van der Waals surface area (Å²) < 4.78 is 16.4. The van der Waals surface area contributed by atoms with Crippen molar-refractivity contribution in [2.24, 2.45) is 0 Å². The van der Waals surface area contributed by atoms with Gasteiger partial charge < -0.3 is 24.8 Å². The molecule has 0 saturated carbocycles. The zero-order valence-corrected chi connectivity index (χ0v) is 14.8. The zero-order valence-electron chi connectivity index (χ0n) is 14.8. The molecule has 0 radical (unpaired) electrons. The summed E-state index contributed by atoms with van der Waals surface area (Å²) in [7, 11) is 0. The van der Waals surface area contributed by atoms with Gasteiger partial charge in [-0.2, -0.15) is 0 Å². The molecular formula is C18H27N3O4. The van der Waals surface area contributed by atoms with Crippen molar-refractivity contribution < 1.29 is 19.0 Å². The van der Waals surface area contributed by atoms with Gasteiger partial charge in [-0.25, -0.2) is 4.79 Å². The zero-order chi connectivity index (χ0) is 17.5. The van der Waals surface area contributed by atoms with Crippen LogP contribution >= 0.6 is 0 Å². The lowest BCUT2D eigenvalue weighted by Gasteiger charge is -2.29. The lowest BCUT2D eigenvalue weighted by atomic mass is 10.1. The number of fused-ring (bicyclic) bond motifs is 1. The van der Waals surface area contributed by atoms with Crippen LogP contribution in [0.3, 0.4) is 0 Å². The number of amides is 2. The highest BCUT2D eigenvalue weighted by Gasteiger charge is 2.15. The summed E-state index contributed by atoms with van der Waals surface area (Å²) in [6, 6.07) is 5.89. The summed E-state index contributed by atoms with van der Waals surface area (Å²) in [5.74, 6) is 1.57. The quantitative estimate of drug-likeness (QED) is 0.802. The molecule has 1 aromatic carbocycles. The molecule has 25 heavy (non-hydrogen) atoms. The third kappa shape index (κ3) is 5.51. The summed E-state index contributed by atoms with van der Waals surface area (Å²) in [5, 5.41) is 5.90. The van der Waals surface area contributed by atoms with Gasteiger partial charge in [-0.15, -0.1) is 0 Å². The van der Waals surface area contributed by atoms with Gasteiger partial charge in [0.25, 0.3) is 0 Å². The molecule has 0 unspecified atom stereocenters. The van der Waals surface area contributed by atoms with E-state index in [4.69, 9.17) is 14.2 Å². The fourth-order valence-electron chi connectivity index (χ4n) is 3.06. The first-order valence-corrected chi connectivity index (χ1v) is 8.94. The minimum absolute atomic E-state index is 0.104. The van der Waals surface area contributed by atoms with Crippen LogP contribution in [0.1, 0.15) is 12.5 Å². The number of ether oxygens (including phenoxy) is 3. The topological polar surface area (TPSA) is 72.1 Å². The summed E-state index contributed by atoms with van der Waals surface area (Å²) in [4.78, 5) is 14.3. The maximum atomic E-state index is 12.0. The molecule has 2 N–H and O–H groups in total. The van der Waals surface area contributed by atoms with Crippen molar-refractivity contribution in [3.8, 4) is 11.5 Å². The summed E-state index contributed by atoms with van der Waals surface area (Å²) in [5.41, 5.74) is 1.12. The van der Waals surface area contributed by atoms with Gasteiger partial charge in [0, 0.05) is 32.2 Å². The van der Waals surface area contributed by atoms with E-state index in [0.29, 0.717) is 19.8 Å². The molecular weight excluding hydrogens is 322 g/mol. The molecule has 2 aliphatic heterocycles. The van der Waals surface area contributed by atoms with Gasteiger partial charge in [0.05, 0.1) is 13.2 Å². The van der Waals surface area contributed by atoms with Crippen molar-refractivity contribution in [1.29, 1.82) is 0 Å². The lowest BCUT2D eigenvalue weighted by molar-refractivity contribution is 0.0349. The third-order valence-electron chi connectivity index (χ3n) is 4.32. The molecule has 1 aromatic rings. The number of nitrogens with zero attached hydrogens (tertiary/aromatic N) is 1. The SMILES string of the molecule is C[C@H](CN1CCOCC1)NC(=O)NCCc1ccc2c(c1)OCCO2. The second-order valence-electron chi connectivity index (χ2n) is 6.44. The van der Waals surface area contributed by atoms with Gasteiger partial charge in [-0.05, 0) is 31.0 Å². The van der Waals surface area contributed by atoms with Crippen LogP contribution in [-0.4, -0.2) is 69.6 Å². The Morgan fingerprint density at radius 2 is 1.92 bits per heavy atom. The van der Waals surface area contributed by atoms with E-state index in [9.17, 15) is 4.79 Å². The van der Waals surface area contributed by atoms with Gasteiger partial charge in [0.1, 0.15) is 13.2 Å². The maximum Gasteiger partial charge on any atom is 0.315 e. The van der Waals surface area contributed by atoms with Gasteiger partial charge >= 0.3 is 6.03 Å². The third-order valence-corrected chi connectivity index (χ3v) is 4.32. The summed E-state index contributed by atoms with van der Waals surface area (Å²) >= 11 is 0. The monoisotopic (exact) mass is 349 g/mol. The number of carbonyl (C=O) groups excluding carboxylic acids is 1. The molecule has 1 fully saturated rings. The smallest absolute Gasteiger partial charge is 0.315 e. The highest BCUT2D eigenvalue weighted by Crippen LogP contribution is 2.30. The van der Waals surface area contributed by atoms with Crippen LogP contribution in [0.2, 0.25) is 0 Å². The molecule has 7 heteroatoms. The first-order valence-electron chi connectivity index (χ1n) is 8.94. The van der Waals surface area contributed by atoms with Crippen LogP contribution < -0.4 is 20.1 Å². The predicted octanol–water partition coefficient (Wildman–Crippen LogP) is 1.02. The first-order chi connectivity index (χ1) is 12.2. The number of hydrogen-bond donors (Lipinski definition) is 2. The van der Waals surface area contributed by atoms with Crippen molar-refractivity contribution in [3.63, 3.8) is 0 Å². The van der Waals surface area contributed by atoms with Crippen LogP contribution in [-0.2, 0) is 11.2 Å². The number of urea groups is 1. The number of morpholine rings is 1. The van der Waals surface area contributed by atoms with Crippen LogP contribution in [0, 0.1) is 0 Å². The Labute approximate surface area is 148 Å². The Bertz CT molecular complexity index is 575. The minimum atomic E-state index is -0.127. The molecule has 0 aliphatic carbocycles. The van der Waals surface area contributed by atoms with E-state index >= 15 is 0 Å². The van der Waals surface area contributed by atoms with Gasteiger partial charge in [0.2, 0.25) is 0 Å². The largest absolute Gasteiger partial charge is 0.486 e.